The molecule has 0 saturated carbocycles. The Labute approximate surface area is 87.3 Å². The van der Waals surface area contributed by atoms with Crippen molar-refractivity contribution in [3.63, 3.8) is 0 Å². The molecule has 5 heteroatoms. The first-order chi connectivity index (χ1) is 6.74. The molecule has 4 nitrogen and oxygen atoms in total. The van der Waals surface area contributed by atoms with Gasteiger partial charge in [-0.2, -0.15) is 11.8 Å². The average Bonchev–Trinajstić information content (AvgIpc) is 2.18. The maximum atomic E-state index is 11.4. The number of carbonyl (C=O) groups excluding carboxylic acids is 1. The Kier molecular flexibility index (Phi) is 4.25. The Morgan fingerprint density at radius 3 is 3.14 bits per heavy atom. The van der Waals surface area contributed by atoms with E-state index in [0.29, 0.717) is 17.9 Å². The van der Waals surface area contributed by atoms with Crippen molar-refractivity contribution in [1.82, 2.24) is 10.3 Å². The van der Waals surface area contributed by atoms with Crippen LogP contribution in [0.5, 0.6) is 0 Å². The molecule has 0 aromatic carbocycles. The maximum Gasteiger partial charge on any atom is 0.269 e. The molecule has 1 aromatic heterocycles. The van der Waals surface area contributed by atoms with Gasteiger partial charge in [0.05, 0.1) is 0 Å². The van der Waals surface area contributed by atoms with Gasteiger partial charge in [0.15, 0.2) is 0 Å². The summed E-state index contributed by atoms with van der Waals surface area (Å²) in [6.07, 6.45) is 3.52. The monoisotopic (exact) mass is 211 g/mol. The summed E-state index contributed by atoms with van der Waals surface area (Å²) in [7, 11) is 0. The summed E-state index contributed by atoms with van der Waals surface area (Å²) < 4.78 is 0. The van der Waals surface area contributed by atoms with Crippen molar-refractivity contribution >= 4 is 23.4 Å². The van der Waals surface area contributed by atoms with Gasteiger partial charge in [-0.05, 0) is 18.4 Å². The summed E-state index contributed by atoms with van der Waals surface area (Å²) in [6, 6.07) is 3.22. The molecule has 3 N–H and O–H groups in total. The van der Waals surface area contributed by atoms with Crippen molar-refractivity contribution in [2.45, 2.75) is 0 Å². The van der Waals surface area contributed by atoms with E-state index in [2.05, 4.69) is 10.3 Å². The van der Waals surface area contributed by atoms with E-state index in [1.54, 1.807) is 23.9 Å². The summed E-state index contributed by atoms with van der Waals surface area (Å²) >= 11 is 1.68. The zero-order valence-electron chi connectivity index (χ0n) is 7.99. The van der Waals surface area contributed by atoms with Crippen LogP contribution in [0.25, 0.3) is 0 Å². The third-order valence-corrected chi connectivity index (χ3v) is 2.22. The van der Waals surface area contributed by atoms with Crippen LogP contribution in [0.2, 0.25) is 0 Å². The van der Waals surface area contributed by atoms with Crippen molar-refractivity contribution in [2.75, 3.05) is 24.3 Å². The highest BCUT2D eigenvalue weighted by Crippen LogP contribution is 2.02. The summed E-state index contributed by atoms with van der Waals surface area (Å²) in [5.74, 6) is 0.722. The summed E-state index contributed by atoms with van der Waals surface area (Å²) in [5, 5.41) is 2.75. The molecule has 1 rings (SSSR count). The standard InChI is InChI=1S/C9H13N3OS/c1-14-5-4-12-9(13)8-6-7(10)2-3-11-8/h2-3,6H,4-5H2,1H3,(H2,10,11)(H,12,13). The molecule has 0 saturated heterocycles. The van der Waals surface area contributed by atoms with Crippen LogP contribution >= 0.6 is 11.8 Å². The molecule has 1 amide bonds. The Morgan fingerprint density at radius 2 is 2.50 bits per heavy atom. The van der Waals surface area contributed by atoms with Gasteiger partial charge in [-0.15, -0.1) is 0 Å². The lowest BCUT2D eigenvalue weighted by atomic mass is 10.3. The van der Waals surface area contributed by atoms with Gasteiger partial charge in [-0.3, -0.25) is 9.78 Å². The topological polar surface area (TPSA) is 68.0 Å². The fourth-order valence-electron chi connectivity index (χ4n) is 0.928. The number of carbonyl (C=O) groups is 1. The first-order valence-corrected chi connectivity index (χ1v) is 5.62. The molecule has 0 fully saturated rings. The Morgan fingerprint density at radius 1 is 1.71 bits per heavy atom. The normalized spacial score (nSPS) is 9.79. The van der Waals surface area contributed by atoms with E-state index >= 15 is 0 Å². The first-order valence-electron chi connectivity index (χ1n) is 4.22. The molecule has 76 valence electrons. The van der Waals surface area contributed by atoms with Crippen LogP contribution < -0.4 is 11.1 Å². The van der Waals surface area contributed by atoms with Crippen molar-refractivity contribution in [3.8, 4) is 0 Å². The Balaban J connectivity index is 2.52. The van der Waals surface area contributed by atoms with Crippen molar-refractivity contribution in [2.24, 2.45) is 0 Å². The van der Waals surface area contributed by atoms with E-state index in [0.717, 1.165) is 5.75 Å². The fourth-order valence-corrected chi connectivity index (χ4v) is 1.23. The molecule has 1 aromatic rings. The SMILES string of the molecule is CSCCNC(=O)c1cc(N)ccn1. The van der Waals surface area contributed by atoms with Gasteiger partial charge in [-0.1, -0.05) is 0 Å². The highest BCUT2D eigenvalue weighted by Gasteiger charge is 2.05. The van der Waals surface area contributed by atoms with Crippen LogP contribution in [-0.2, 0) is 0 Å². The van der Waals surface area contributed by atoms with Crippen LogP contribution in [0, 0.1) is 0 Å². The number of anilines is 1. The predicted octanol–water partition coefficient (Wildman–Crippen LogP) is 0.757. The smallest absolute Gasteiger partial charge is 0.269 e. The molecule has 0 atom stereocenters. The van der Waals surface area contributed by atoms with Crippen molar-refractivity contribution in [3.05, 3.63) is 24.0 Å². The fraction of sp³-hybridized carbons (Fsp3) is 0.333. The minimum absolute atomic E-state index is 0.175. The highest BCUT2D eigenvalue weighted by molar-refractivity contribution is 7.98. The second-order valence-electron chi connectivity index (χ2n) is 2.72. The Hall–Kier alpha value is -1.23. The molecular formula is C9H13N3OS. The molecule has 1 heterocycles. The number of hydrogen-bond donors (Lipinski definition) is 2. The van der Waals surface area contributed by atoms with Crippen LogP contribution in [0.4, 0.5) is 5.69 Å². The van der Waals surface area contributed by atoms with E-state index in [4.69, 9.17) is 5.73 Å². The number of nitrogen functional groups attached to an aromatic ring is 1. The number of pyridine rings is 1. The summed E-state index contributed by atoms with van der Waals surface area (Å²) in [6.45, 7) is 0.649. The number of rotatable bonds is 4. The number of amides is 1. The van der Waals surface area contributed by atoms with E-state index < -0.39 is 0 Å². The molecule has 0 spiro atoms. The van der Waals surface area contributed by atoms with Gasteiger partial charge in [0, 0.05) is 24.2 Å². The third kappa shape index (κ3) is 3.26. The van der Waals surface area contributed by atoms with Crippen molar-refractivity contribution in [1.29, 1.82) is 0 Å². The molecule has 14 heavy (non-hydrogen) atoms. The van der Waals surface area contributed by atoms with Crippen LogP contribution in [-0.4, -0.2) is 29.4 Å². The largest absolute Gasteiger partial charge is 0.399 e. The van der Waals surface area contributed by atoms with Gasteiger partial charge in [-0.25, -0.2) is 0 Å². The molecule has 0 unspecified atom stereocenters. The van der Waals surface area contributed by atoms with Gasteiger partial charge in [0.2, 0.25) is 0 Å². The minimum atomic E-state index is -0.175. The quantitative estimate of drug-likeness (QED) is 0.721. The molecule has 0 aliphatic heterocycles. The second kappa shape index (κ2) is 5.49. The van der Waals surface area contributed by atoms with Gasteiger partial charge >= 0.3 is 0 Å². The lowest BCUT2D eigenvalue weighted by Gasteiger charge is -2.03. The second-order valence-corrected chi connectivity index (χ2v) is 3.71. The summed E-state index contributed by atoms with van der Waals surface area (Å²) in [4.78, 5) is 15.4. The molecule has 0 radical (unpaired) electrons. The van der Waals surface area contributed by atoms with Gasteiger partial charge < -0.3 is 11.1 Å². The summed E-state index contributed by atoms with van der Waals surface area (Å²) in [5.41, 5.74) is 6.44. The van der Waals surface area contributed by atoms with E-state index in [1.807, 2.05) is 6.26 Å². The zero-order chi connectivity index (χ0) is 10.4. The molecule has 0 aliphatic carbocycles. The van der Waals surface area contributed by atoms with E-state index in [1.165, 1.54) is 6.20 Å². The predicted molar refractivity (Wildman–Crippen MR) is 59.4 cm³/mol. The lowest BCUT2D eigenvalue weighted by molar-refractivity contribution is 0.0951. The number of hydrogen-bond acceptors (Lipinski definition) is 4. The van der Waals surface area contributed by atoms with Crippen molar-refractivity contribution < 1.29 is 4.79 Å². The molecule has 0 bridgehead atoms. The zero-order valence-corrected chi connectivity index (χ0v) is 8.80. The van der Waals surface area contributed by atoms with Crippen LogP contribution in [0.3, 0.4) is 0 Å². The average molecular weight is 211 g/mol. The Bertz CT molecular complexity index is 317. The van der Waals surface area contributed by atoms with Gasteiger partial charge in [0.1, 0.15) is 5.69 Å². The lowest BCUT2D eigenvalue weighted by Crippen LogP contribution is -2.26. The van der Waals surface area contributed by atoms with E-state index in [-0.39, 0.29) is 5.91 Å². The van der Waals surface area contributed by atoms with Crippen LogP contribution in [0.15, 0.2) is 18.3 Å². The number of aromatic nitrogens is 1. The number of nitrogens with one attached hydrogen (secondary N) is 1. The highest BCUT2D eigenvalue weighted by atomic mass is 32.2. The van der Waals surface area contributed by atoms with E-state index in [9.17, 15) is 4.79 Å². The molecule has 0 aliphatic rings. The first kappa shape index (κ1) is 10.8. The number of nitrogens with zero attached hydrogens (tertiary/aromatic N) is 1. The minimum Gasteiger partial charge on any atom is -0.399 e. The number of thioether (sulfide) groups is 1. The third-order valence-electron chi connectivity index (χ3n) is 1.61. The number of nitrogens with two attached hydrogens (primary N) is 1. The van der Waals surface area contributed by atoms with Gasteiger partial charge in [0.25, 0.3) is 5.91 Å². The molecular weight excluding hydrogens is 198 g/mol. The van der Waals surface area contributed by atoms with Crippen LogP contribution in [0.1, 0.15) is 10.5 Å². The maximum absolute atomic E-state index is 11.4.